The summed E-state index contributed by atoms with van der Waals surface area (Å²) in [5.74, 6) is -0.349. The summed E-state index contributed by atoms with van der Waals surface area (Å²) in [6.07, 6.45) is 3.74. The van der Waals surface area contributed by atoms with E-state index in [9.17, 15) is 18.0 Å². The van der Waals surface area contributed by atoms with Crippen molar-refractivity contribution in [2.24, 2.45) is 0 Å². The molecule has 0 radical (unpaired) electrons. The molecule has 1 saturated heterocycles. The molecule has 0 bridgehead atoms. The molecule has 7 nitrogen and oxygen atoms in total. The molecule has 2 N–H and O–H groups in total. The van der Waals surface area contributed by atoms with Crippen LogP contribution in [0.4, 0.5) is 5.69 Å². The lowest BCUT2D eigenvalue weighted by atomic mass is 10.0. The molecule has 1 heterocycles. The van der Waals surface area contributed by atoms with Crippen LogP contribution < -0.4 is 10.0 Å². The van der Waals surface area contributed by atoms with Crippen LogP contribution in [0, 0.1) is 0 Å². The van der Waals surface area contributed by atoms with Crippen molar-refractivity contribution in [1.29, 1.82) is 0 Å². The SMILES string of the molecule is CS(=O)(=O)NCC1CCCCN1C(=O)c1ccc(NC(=O)c2ccccc2)cc1. The molecular formula is C21H25N3O4S. The molecule has 0 aromatic heterocycles. The third-order valence-electron chi connectivity index (χ3n) is 4.89. The van der Waals surface area contributed by atoms with Crippen molar-refractivity contribution in [3.05, 3.63) is 65.7 Å². The number of piperidine rings is 1. The first-order valence-electron chi connectivity index (χ1n) is 9.55. The van der Waals surface area contributed by atoms with Crippen molar-refractivity contribution >= 4 is 27.5 Å². The maximum atomic E-state index is 13.0. The Morgan fingerprint density at radius 1 is 1.00 bits per heavy atom. The van der Waals surface area contributed by atoms with Gasteiger partial charge >= 0.3 is 0 Å². The van der Waals surface area contributed by atoms with Gasteiger partial charge in [-0.15, -0.1) is 0 Å². The Kier molecular flexibility index (Phi) is 6.66. The number of likely N-dealkylation sites (tertiary alicyclic amines) is 1. The second-order valence-electron chi connectivity index (χ2n) is 7.17. The number of nitrogens with one attached hydrogen (secondary N) is 2. The predicted molar refractivity (Wildman–Crippen MR) is 112 cm³/mol. The average Bonchev–Trinajstić information content (AvgIpc) is 2.72. The van der Waals surface area contributed by atoms with Crippen LogP contribution in [0.2, 0.25) is 0 Å². The summed E-state index contributed by atoms with van der Waals surface area (Å²) in [6.45, 7) is 0.817. The summed E-state index contributed by atoms with van der Waals surface area (Å²) in [7, 11) is -3.31. The van der Waals surface area contributed by atoms with Crippen molar-refractivity contribution in [3.63, 3.8) is 0 Å². The normalized spacial score (nSPS) is 17.0. The number of rotatable bonds is 6. The van der Waals surface area contributed by atoms with Gasteiger partial charge in [0.05, 0.1) is 6.26 Å². The highest BCUT2D eigenvalue weighted by molar-refractivity contribution is 7.88. The summed E-state index contributed by atoms with van der Waals surface area (Å²) in [5.41, 5.74) is 1.67. The van der Waals surface area contributed by atoms with Crippen LogP contribution in [-0.2, 0) is 10.0 Å². The Morgan fingerprint density at radius 3 is 2.34 bits per heavy atom. The first-order valence-corrected chi connectivity index (χ1v) is 11.4. The number of nitrogens with zero attached hydrogens (tertiary/aromatic N) is 1. The van der Waals surface area contributed by atoms with Gasteiger partial charge in [-0.1, -0.05) is 18.2 Å². The third-order valence-corrected chi connectivity index (χ3v) is 5.59. The van der Waals surface area contributed by atoms with Crippen LogP contribution in [0.25, 0.3) is 0 Å². The topological polar surface area (TPSA) is 95.6 Å². The lowest BCUT2D eigenvalue weighted by Gasteiger charge is -2.35. The Labute approximate surface area is 171 Å². The highest BCUT2D eigenvalue weighted by Crippen LogP contribution is 2.21. The van der Waals surface area contributed by atoms with E-state index in [0.29, 0.717) is 23.4 Å². The number of sulfonamides is 1. The highest BCUT2D eigenvalue weighted by Gasteiger charge is 2.28. The number of hydrogen-bond donors (Lipinski definition) is 2. The number of carbonyl (C=O) groups is 2. The second-order valence-corrected chi connectivity index (χ2v) is 9.00. The van der Waals surface area contributed by atoms with Crippen LogP contribution in [0.1, 0.15) is 40.0 Å². The monoisotopic (exact) mass is 415 g/mol. The van der Waals surface area contributed by atoms with Crippen molar-refractivity contribution in [2.75, 3.05) is 24.7 Å². The van der Waals surface area contributed by atoms with Crippen molar-refractivity contribution < 1.29 is 18.0 Å². The first-order chi connectivity index (χ1) is 13.8. The Hall–Kier alpha value is -2.71. The van der Waals surface area contributed by atoms with E-state index in [-0.39, 0.29) is 24.4 Å². The fourth-order valence-corrected chi connectivity index (χ4v) is 3.88. The molecule has 29 heavy (non-hydrogen) atoms. The van der Waals surface area contributed by atoms with Gasteiger partial charge in [0.2, 0.25) is 10.0 Å². The van der Waals surface area contributed by atoms with Gasteiger partial charge in [0.1, 0.15) is 0 Å². The lowest BCUT2D eigenvalue weighted by Crippen LogP contribution is -2.49. The summed E-state index contributed by atoms with van der Waals surface area (Å²) in [6, 6.07) is 15.5. The van der Waals surface area contributed by atoms with E-state index < -0.39 is 10.0 Å². The number of carbonyl (C=O) groups excluding carboxylic acids is 2. The third kappa shape index (κ3) is 5.88. The maximum absolute atomic E-state index is 13.0. The minimum Gasteiger partial charge on any atom is -0.334 e. The van der Waals surface area contributed by atoms with Crippen LogP contribution in [0.3, 0.4) is 0 Å². The molecular weight excluding hydrogens is 390 g/mol. The van der Waals surface area contributed by atoms with Gasteiger partial charge in [0, 0.05) is 35.9 Å². The molecule has 1 fully saturated rings. The zero-order valence-corrected chi connectivity index (χ0v) is 17.1. The fraction of sp³-hybridized carbons (Fsp3) is 0.333. The predicted octanol–water partition coefficient (Wildman–Crippen LogP) is 2.48. The molecule has 1 aliphatic heterocycles. The van der Waals surface area contributed by atoms with Gasteiger partial charge < -0.3 is 10.2 Å². The van der Waals surface area contributed by atoms with E-state index in [1.165, 1.54) is 0 Å². The first kappa shape index (κ1) is 21.0. The van der Waals surface area contributed by atoms with E-state index in [4.69, 9.17) is 0 Å². The number of anilines is 1. The summed E-state index contributed by atoms with van der Waals surface area (Å²) in [4.78, 5) is 26.9. The standard InChI is InChI=1S/C21H25N3O4S/c1-29(27,28)22-15-19-9-5-6-14-24(19)21(26)17-10-12-18(13-11-17)23-20(25)16-7-3-2-4-8-16/h2-4,7-8,10-13,19,22H,5-6,9,14-15H2,1H3,(H,23,25). The molecule has 2 amide bonds. The van der Waals surface area contributed by atoms with Crippen LogP contribution >= 0.6 is 0 Å². The zero-order chi connectivity index (χ0) is 20.9. The van der Waals surface area contributed by atoms with Crippen molar-refractivity contribution in [1.82, 2.24) is 9.62 Å². The quantitative estimate of drug-likeness (QED) is 0.758. The largest absolute Gasteiger partial charge is 0.334 e. The molecule has 154 valence electrons. The minimum absolute atomic E-state index is 0.133. The highest BCUT2D eigenvalue weighted by atomic mass is 32.2. The molecule has 0 saturated carbocycles. The Morgan fingerprint density at radius 2 is 1.69 bits per heavy atom. The van der Waals surface area contributed by atoms with E-state index in [2.05, 4.69) is 10.0 Å². The van der Waals surface area contributed by atoms with Gasteiger partial charge in [0.25, 0.3) is 11.8 Å². The lowest BCUT2D eigenvalue weighted by molar-refractivity contribution is 0.0618. The van der Waals surface area contributed by atoms with Gasteiger partial charge in [0.15, 0.2) is 0 Å². The minimum atomic E-state index is -3.31. The summed E-state index contributed by atoms with van der Waals surface area (Å²) < 4.78 is 25.3. The molecule has 0 aliphatic carbocycles. The van der Waals surface area contributed by atoms with Crippen molar-refractivity contribution in [3.8, 4) is 0 Å². The van der Waals surface area contributed by atoms with E-state index in [0.717, 1.165) is 25.5 Å². The zero-order valence-electron chi connectivity index (χ0n) is 16.3. The molecule has 3 rings (SSSR count). The molecule has 1 unspecified atom stereocenters. The summed E-state index contributed by atoms with van der Waals surface area (Å²) in [5, 5.41) is 2.81. The molecule has 8 heteroatoms. The Bertz CT molecular complexity index is 959. The maximum Gasteiger partial charge on any atom is 0.255 e. The smallest absolute Gasteiger partial charge is 0.255 e. The number of hydrogen-bond acceptors (Lipinski definition) is 4. The number of benzene rings is 2. The molecule has 2 aromatic rings. The fourth-order valence-electron chi connectivity index (χ4n) is 3.38. The number of amides is 2. The molecule has 1 atom stereocenters. The van der Waals surface area contributed by atoms with Crippen LogP contribution in [0.5, 0.6) is 0 Å². The van der Waals surface area contributed by atoms with Gasteiger partial charge in [-0.3, -0.25) is 9.59 Å². The van der Waals surface area contributed by atoms with E-state index in [1.54, 1.807) is 53.4 Å². The second kappa shape index (κ2) is 9.19. The Balaban J connectivity index is 1.66. The van der Waals surface area contributed by atoms with E-state index >= 15 is 0 Å². The van der Waals surface area contributed by atoms with Crippen LogP contribution in [-0.4, -0.2) is 50.5 Å². The summed E-state index contributed by atoms with van der Waals surface area (Å²) >= 11 is 0. The van der Waals surface area contributed by atoms with E-state index in [1.807, 2.05) is 6.07 Å². The van der Waals surface area contributed by atoms with Crippen molar-refractivity contribution in [2.45, 2.75) is 25.3 Å². The molecule has 1 aliphatic rings. The van der Waals surface area contributed by atoms with Gasteiger partial charge in [-0.2, -0.15) is 0 Å². The molecule has 0 spiro atoms. The molecule has 2 aromatic carbocycles. The average molecular weight is 416 g/mol. The van der Waals surface area contributed by atoms with Crippen LogP contribution in [0.15, 0.2) is 54.6 Å². The van der Waals surface area contributed by atoms with Gasteiger partial charge in [-0.05, 0) is 55.7 Å². The van der Waals surface area contributed by atoms with Gasteiger partial charge in [-0.25, -0.2) is 13.1 Å².